The van der Waals surface area contributed by atoms with Crippen molar-refractivity contribution < 1.29 is 8.78 Å². The highest BCUT2D eigenvalue weighted by atomic mass is 32.2. The van der Waals surface area contributed by atoms with Gasteiger partial charge in [0.05, 0.1) is 4.90 Å². The average molecular weight is 279 g/mol. The number of hydrogen-bond donors (Lipinski definition) is 1. The zero-order valence-corrected chi connectivity index (χ0v) is 11.4. The Morgan fingerprint density at radius 3 is 2.32 bits per heavy atom. The highest BCUT2D eigenvalue weighted by Gasteiger charge is 2.11. The molecule has 100 valence electrons. The number of benzene rings is 2. The monoisotopic (exact) mass is 279 g/mol. The Labute approximate surface area is 115 Å². The van der Waals surface area contributed by atoms with E-state index < -0.39 is 11.6 Å². The van der Waals surface area contributed by atoms with Crippen molar-refractivity contribution in [2.75, 3.05) is 0 Å². The Morgan fingerprint density at radius 1 is 1.05 bits per heavy atom. The third kappa shape index (κ3) is 3.55. The van der Waals surface area contributed by atoms with E-state index in [9.17, 15) is 8.78 Å². The van der Waals surface area contributed by atoms with Gasteiger partial charge in [-0.15, -0.1) is 11.8 Å². The molecule has 0 fully saturated rings. The molecule has 1 nitrogen and oxygen atoms in total. The highest BCUT2D eigenvalue weighted by Crippen LogP contribution is 2.29. The largest absolute Gasteiger partial charge is 0.326 e. The predicted octanol–water partition coefficient (Wildman–Crippen LogP) is 4.02. The molecule has 0 atom stereocenters. The molecule has 19 heavy (non-hydrogen) atoms. The van der Waals surface area contributed by atoms with E-state index in [4.69, 9.17) is 5.73 Å². The predicted molar refractivity (Wildman–Crippen MR) is 75.0 cm³/mol. The van der Waals surface area contributed by atoms with Gasteiger partial charge < -0.3 is 5.73 Å². The number of halogens is 2. The molecule has 2 N–H and O–H groups in total. The molecule has 2 rings (SSSR count). The zero-order valence-electron chi connectivity index (χ0n) is 10.6. The summed E-state index contributed by atoms with van der Waals surface area (Å²) in [5.74, 6) is -0.548. The molecule has 4 heteroatoms. The van der Waals surface area contributed by atoms with Gasteiger partial charge in [0.1, 0.15) is 11.6 Å². The van der Waals surface area contributed by atoms with Crippen LogP contribution in [-0.4, -0.2) is 0 Å². The molecular weight excluding hydrogens is 264 g/mol. The Hall–Kier alpha value is -1.39. The van der Waals surface area contributed by atoms with Crippen molar-refractivity contribution in [3.8, 4) is 0 Å². The van der Waals surface area contributed by atoms with Crippen molar-refractivity contribution in [3.05, 3.63) is 64.7 Å². The van der Waals surface area contributed by atoms with Crippen LogP contribution in [0, 0.1) is 18.6 Å². The number of nitrogens with two attached hydrogens (primary N) is 1. The molecule has 0 aliphatic carbocycles. The van der Waals surface area contributed by atoms with Crippen molar-refractivity contribution >= 4 is 11.8 Å². The van der Waals surface area contributed by atoms with Gasteiger partial charge in [0.2, 0.25) is 0 Å². The van der Waals surface area contributed by atoms with E-state index in [-0.39, 0.29) is 11.4 Å². The molecule has 0 aliphatic heterocycles. The lowest BCUT2D eigenvalue weighted by Crippen LogP contribution is -1.99. The molecule has 0 aromatic heterocycles. The third-order valence-electron chi connectivity index (χ3n) is 2.76. The summed E-state index contributed by atoms with van der Waals surface area (Å²) in [5, 5.41) is 0. The Bertz CT molecular complexity index is 561. The van der Waals surface area contributed by atoms with Crippen molar-refractivity contribution in [2.45, 2.75) is 24.1 Å². The molecule has 2 aromatic carbocycles. The summed E-state index contributed by atoms with van der Waals surface area (Å²) in [5.41, 5.74) is 8.03. The molecule has 0 aliphatic rings. The summed E-state index contributed by atoms with van der Waals surface area (Å²) in [6.45, 7) is 2.13. The van der Waals surface area contributed by atoms with Crippen LogP contribution >= 0.6 is 11.8 Å². The van der Waals surface area contributed by atoms with Gasteiger partial charge in [-0.25, -0.2) is 8.78 Å². The third-order valence-corrected chi connectivity index (χ3v) is 3.92. The van der Waals surface area contributed by atoms with E-state index >= 15 is 0 Å². The quantitative estimate of drug-likeness (QED) is 0.855. The summed E-state index contributed by atoms with van der Waals surface area (Å²) in [6.07, 6.45) is 0. The first-order valence-corrected chi connectivity index (χ1v) is 6.95. The average Bonchev–Trinajstić information content (AvgIpc) is 2.37. The smallest absolute Gasteiger partial charge is 0.140 e. The second kappa shape index (κ2) is 6.17. The molecule has 0 bridgehead atoms. The van der Waals surface area contributed by atoms with E-state index in [1.807, 2.05) is 31.2 Å². The van der Waals surface area contributed by atoms with Crippen molar-refractivity contribution in [3.63, 3.8) is 0 Å². The zero-order chi connectivity index (χ0) is 13.8. The van der Waals surface area contributed by atoms with Crippen LogP contribution in [0.15, 0.2) is 41.3 Å². The van der Waals surface area contributed by atoms with Crippen molar-refractivity contribution in [2.24, 2.45) is 5.73 Å². The maximum absolute atomic E-state index is 13.8. The Morgan fingerprint density at radius 2 is 1.74 bits per heavy atom. The Balaban J connectivity index is 2.16. The lowest BCUT2D eigenvalue weighted by atomic mass is 10.2. The van der Waals surface area contributed by atoms with Crippen LogP contribution in [0.1, 0.15) is 16.7 Å². The second-order valence-corrected chi connectivity index (χ2v) is 5.36. The minimum Gasteiger partial charge on any atom is -0.326 e. The van der Waals surface area contributed by atoms with Gasteiger partial charge in [-0.05, 0) is 30.2 Å². The summed E-state index contributed by atoms with van der Waals surface area (Å²) >= 11 is 1.16. The van der Waals surface area contributed by atoms with Gasteiger partial charge in [0.15, 0.2) is 0 Å². The number of rotatable bonds is 4. The Kier molecular flexibility index (Phi) is 4.56. The van der Waals surface area contributed by atoms with Gasteiger partial charge in [-0.2, -0.15) is 0 Å². The first kappa shape index (κ1) is 14.0. The molecule has 2 aromatic rings. The van der Waals surface area contributed by atoms with Crippen molar-refractivity contribution in [1.82, 2.24) is 0 Å². The van der Waals surface area contributed by atoms with Crippen LogP contribution in [0.25, 0.3) is 0 Å². The number of aryl methyl sites for hydroxylation is 1. The van der Waals surface area contributed by atoms with Gasteiger partial charge in [0, 0.05) is 12.3 Å². The van der Waals surface area contributed by atoms with Gasteiger partial charge in [0.25, 0.3) is 0 Å². The van der Waals surface area contributed by atoms with Crippen LogP contribution in [0.3, 0.4) is 0 Å². The van der Waals surface area contributed by atoms with Crippen LogP contribution in [0.5, 0.6) is 0 Å². The van der Waals surface area contributed by atoms with E-state index in [0.717, 1.165) is 22.9 Å². The molecule has 0 saturated heterocycles. The number of hydrogen-bond acceptors (Lipinski definition) is 2. The van der Waals surface area contributed by atoms with E-state index in [0.29, 0.717) is 11.3 Å². The molecule has 0 radical (unpaired) electrons. The van der Waals surface area contributed by atoms with Gasteiger partial charge >= 0.3 is 0 Å². The van der Waals surface area contributed by atoms with Crippen molar-refractivity contribution in [1.29, 1.82) is 0 Å². The van der Waals surface area contributed by atoms with Gasteiger partial charge in [-0.3, -0.25) is 0 Å². The lowest BCUT2D eigenvalue weighted by Gasteiger charge is -2.07. The molecular formula is C15H15F2NS. The summed E-state index contributed by atoms with van der Waals surface area (Å²) in [7, 11) is 0. The molecule has 0 saturated carbocycles. The summed E-state index contributed by atoms with van der Waals surface area (Å²) < 4.78 is 27.5. The molecule has 0 amide bonds. The van der Waals surface area contributed by atoms with Crippen LogP contribution in [0.4, 0.5) is 8.78 Å². The summed E-state index contributed by atoms with van der Waals surface area (Å²) in [6, 6.07) is 10.5. The summed E-state index contributed by atoms with van der Waals surface area (Å²) in [4.78, 5) is 0.0544. The van der Waals surface area contributed by atoms with Gasteiger partial charge in [-0.1, -0.05) is 29.8 Å². The fourth-order valence-electron chi connectivity index (χ4n) is 1.83. The van der Waals surface area contributed by atoms with Crippen LogP contribution in [-0.2, 0) is 12.3 Å². The van der Waals surface area contributed by atoms with Crippen LogP contribution < -0.4 is 5.73 Å². The second-order valence-electron chi connectivity index (χ2n) is 4.37. The first-order valence-electron chi connectivity index (χ1n) is 5.96. The maximum Gasteiger partial charge on any atom is 0.140 e. The highest BCUT2D eigenvalue weighted by molar-refractivity contribution is 7.98. The molecule has 0 heterocycles. The lowest BCUT2D eigenvalue weighted by molar-refractivity contribution is 0.537. The minimum absolute atomic E-state index is 0.0544. The number of thioether (sulfide) groups is 1. The molecule has 0 spiro atoms. The van der Waals surface area contributed by atoms with E-state index in [2.05, 4.69) is 0 Å². The maximum atomic E-state index is 13.8. The first-order chi connectivity index (χ1) is 9.10. The molecule has 0 unspecified atom stereocenters. The minimum atomic E-state index is -0.543. The fourth-order valence-corrected chi connectivity index (χ4v) is 2.71. The SMILES string of the molecule is Cc1cccc(CSc2c(F)cc(CN)cc2F)c1. The normalized spacial score (nSPS) is 10.7. The fraction of sp³-hybridized carbons (Fsp3) is 0.200. The topological polar surface area (TPSA) is 26.0 Å². The standard InChI is InChI=1S/C15H15F2NS/c1-10-3-2-4-11(5-10)9-19-15-13(16)6-12(8-18)7-14(15)17/h2-7H,8-9,18H2,1H3. The van der Waals surface area contributed by atoms with E-state index in [1.165, 1.54) is 12.1 Å². The van der Waals surface area contributed by atoms with Crippen LogP contribution in [0.2, 0.25) is 0 Å². The van der Waals surface area contributed by atoms with E-state index in [1.54, 1.807) is 0 Å².